The maximum absolute atomic E-state index is 12.6. The van der Waals surface area contributed by atoms with Crippen LogP contribution in [0.15, 0.2) is 53.3 Å². The molecule has 1 atom stereocenters. The first-order valence-electron chi connectivity index (χ1n) is 9.70. The molecule has 8 heteroatoms. The first-order valence-corrected chi connectivity index (χ1v) is 9.70. The van der Waals surface area contributed by atoms with Gasteiger partial charge in [-0.1, -0.05) is 29.4 Å². The lowest BCUT2D eigenvalue weighted by Crippen LogP contribution is -2.29. The highest BCUT2D eigenvalue weighted by Gasteiger charge is 2.33. The highest BCUT2D eigenvalue weighted by molar-refractivity contribution is 5.97. The van der Waals surface area contributed by atoms with E-state index < -0.39 is 0 Å². The number of rotatable bonds is 4. The highest BCUT2D eigenvalue weighted by Crippen LogP contribution is 2.39. The summed E-state index contributed by atoms with van der Waals surface area (Å²) in [6, 6.07) is 13.6. The molecule has 1 saturated heterocycles. The number of urea groups is 1. The van der Waals surface area contributed by atoms with Crippen LogP contribution in [0.3, 0.4) is 0 Å². The van der Waals surface area contributed by atoms with E-state index in [1.807, 2.05) is 42.5 Å². The number of carbonyl (C=O) groups is 1. The summed E-state index contributed by atoms with van der Waals surface area (Å²) < 4.78 is 5.36. The average molecular weight is 386 g/mol. The number of nitrogens with one attached hydrogen (secondary N) is 2. The van der Waals surface area contributed by atoms with Gasteiger partial charge in [0, 0.05) is 23.7 Å². The Morgan fingerprint density at radius 1 is 1.10 bits per heavy atom. The Bertz CT molecular complexity index is 1210. The second-order valence-corrected chi connectivity index (χ2v) is 7.53. The molecule has 2 aliphatic rings. The number of amides is 2. The van der Waals surface area contributed by atoms with Crippen molar-refractivity contribution in [2.24, 2.45) is 0 Å². The van der Waals surface area contributed by atoms with E-state index >= 15 is 0 Å². The molecule has 29 heavy (non-hydrogen) atoms. The smallest absolute Gasteiger partial charge is 0.322 e. The summed E-state index contributed by atoms with van der Waals surface area (Å²) in [5.41, 5.74) is 4.56. The van der Waals surface area contributed by atoms with Crippen molar-refractivity contribution < 1.29 is 9.32 Å². The van der Waals surface area contributed by atoms with Crippen LogP contribution in [-0.2, 0) is 0 Å². The third kappa shape index (κ3) is 2.75. The van der Waals surface area contributed by atoms with Crippen molar-refractivity contribution in [2.75, 3.05) is 11.4 Å². The Labute approximate surface area is 165 Å². The summed E-state index contributed by atoms with van der Waals surface area (Å²) in [6.07, 6.45) is 3.91. The van der Waals surface area contributed by atoms with E-state index in [0.29, 0.717) is 18.3 Å². The van der Waals surface area contributed by atoms with Crippen molar-refractivity contribution in [3.8, 4) is 11.4 Å². The number of hydrogen-bond donors (Lipinski definition) is 2. The van der Waals surface area contributed by atoms with E-state index in [9.17, 15) is 4.79 Å². The zero-order valence-corrected chi connectivity index (χ0v) is 15.5. The van der Waals surface area contributed by atoms with Crippen molar-refractivity contribution in [2.45, 2.75) is 24.8 Å². The van der Waals surface area contributed by atoms with Crippen molar-refractivity contribution >= 4 is 22.8 Å². The third-order valence-corrected chi connectivity index (χ3v) is 5.58. The highest BCUT2D eigenvalue weighted by atomic mass is 16.5. The Morgan fingerprint density at radius 3 is 2.79 bits per heavy atom. The molecule has 1 aliphatic carbocycles. The minimum atomic E-state index is -0.106. The molecule has 2 aromatic heterocycles. The summed E-state index contributed by atoms with van der Waals surface area (Å²) in [6.45, 7) is 0.549. The number of aromatic amines is 1. The molecule has 144 valence electrons. The van der Waals surface area contributed by atoms with Crippen LogP contribution in [-0.4, -0.2) is 32.7 Å². The Balaban J connectivity index is 1.30. The molecule has 4 aromatic rings. The van der Waals surface area contributed by atoms with Gasteiger partial charge in [-0.3, -0.25) is 4.90 Å². The van der Waals surface area contributed by atoms with Crippen LogP contribution in [0.25, 0.3) is 22.4 Å². The van der Waals surface area contributed by atoms with Crippen LogP contribution in [0.4, 0.5) is 10.5 Å². The van der Waals surface area contributed by atoms with Crippen molar-refractivity contribution in [1.29, 1.82) is 0 Å². The lowest BCUT2D eigenvalue weighted by Gasteiger charge is -2.23. The van der Waals surface area contributed by atoms with Crippen molar-refractivity contribution in [3.05, 3.63) is 60.2 Å². The van der Waals surface area contributed by atoms with E-state index in [2.05, 4.69) is 25.4 Å². The van der Waals surface area contributed by atoms with Crippen LogP contribution >= 0.6 is 0 Å². The fraction of sp³-hybridized carbons (Fsp3) is 0.238. The number of fused-ring (bicyclic) bond motifs is 1. The zero-order valence-electron chi connectivity index (χ0n) is 15.5. The molecule has 0 spiro atoms. The summed E-state index contributed by atoms with van der Waals surface area (Å²) >= 11 is 0. The van der Waals surface area contributed by atoms with Crippen LogP contribution in [0.1, 0.15) is 36.3 Å². The molecule has 1 saturated carbocycles. The van der Waals surface area contributed by atoms with E-state index in [4.69, 9.17) is 4.52 Å². The maximum atomic E-state index is 12.6. The predicted octanol–water partition coefficient (Wildman–Crippen LogP) is 3.76. The van der Waals surface area contributed by atoms with Crippen LogP contribution in [0, 0.1) is 0 Å². The molecule has 1 aliphatic heterocycles. The van der Waals surface area contributed by atoms with Gasteiger partial charge in [0.1, 0.15) is 0 Å². The van der Waals surface area contributed by atoms with Gasteiger partial charge in [0.15, 0.2) is 0 Å². The SMILES string of the molecule is O=C1NCC(c2ccc(-c3noc(C4CC4)n3)cc2)N1c1ccc2nc[nH]c2c1. The van der Waals surface area contributed by atoms with Gasteiger partial charge in [-0.2, -0.15) is 4.98 Å². The summed E-state index contributed by atoms with van der Waals surface area (Å²) in [7, 11) is 0. The Kier molecular flexibility index (Phi) is 3.46. The average Bonchev–Trinajstić information content (AvgIpc) is 3.15. The quantitative estimate of drug-likeness (QED) is 0.556. The lowest BCUT2D eigenvalue weighted by atomic mass is 10.0. The van der Waals surface area contributed by atoms with Crippen molar-refractivity contribution in [3.63, 3.8) is 0 Å². The zero-order chi connectivity index (χ0) is 19.4. The van der Waals surface area contributed by atoms with Gasteiger partial charge in [0.2, 0.25) is 11.7 Å². The van der Waals surface area contributed by atoms with Gasteiger partial charge in [-0.25, -0.2) is 9.78 Å². The molecule has 0 bridgehead atoms. The second-order valence-electron chi connectivity index (χ2n) is 7.53. The number of imidazole rings is 1. The molecule has 3 heterocycles. The van der Waals surface area contributed by atoms with Gasteiger partial charge in [0.05, 0.1) is 23.4 Å². The monoisotopic (exact) mass is 386 g/mol. The minimum Gasteiger partial charge on any atom is -0.345 e. The van der Waals surface area contributed by atoms with E-state index in [-0.39, 0.29) is 12.1 Å². The molecule has 8 nitrogen and oxygen atoms in total. The maximum Gasteiger partial charge on any atom is 0.322 e. The van der Waals surface area contributed by atoms with E-state index in [1.165, 1.54) is 0 Å². The number of carbonyl (C=O) groups excluding carboxylic acids is 1. The van der Waals surface area contributed by atoms with Crippen LogP contribution in [0.2, 0.25) is 0 Å². The number of anilines is 1. The second kappa shape index (κ2) is 6.16. The van der Waals surface area contributed by atoms with Crippen LogP contribution < -0.4 is 10.2 Å². The standard InChI is InChI=1S/C21H18N6O2/c28-21-22-10-18(27(21)15-7-8-16-17(9-15)24-11-23-16)12-1-3-13(4-2-12)19-25-20(29-26-19)14-5-6-14/h1-4,7-9,11,14,18H,5-6,10H2,(H,22,28)(H,23,24). The molecule has 2 N–H and O–H groups in total. The first kappa shape index (κ1) is 16.3. The first-order chi connectivity index (χ1) is 14.3. The fourth-order valence-corrected chi connectivity index (χ4v) is 3.84. The third-order valence-electron chi connectivity index (χ3n) is 5.58. The van der Waals surface area contributed by atoms with Crippen LogP contribution in [0.5, 0.6) is 0 Å². The molecule has 1 unspecified atom stereocenters. The summed E-state index contributed by atoms with van der Waals surface area (Å²) in [5, 5.41) is 7.05. The van der Waals surface area contributed by atoms with Crippen molar-refractivity contribution in [1.82, 2.24) is 25.4 Å². The molecular formula is C21H18N6O2. The van der Waals surface area contributed by atoms with Gasteiger partial charge in [0.25, 0.3) is 0 Å². The largest absolute Gasteiger partial charge is 0.345 e. The number of aromatic nitrogens is 4. The van der Waals surface area contributed by atoms with Gasteiger partial charge in [-0.15, -0.1) is 0 Å². The molecule has 2 amide bonds. The molecule has 2 fully saturated rings. The van der Waals surface area contributed by atoms with E-state index in [0.717, 1.165) is 46.6 Å². The molecule has 2 aromatic carbocycles. The summed E-state index contributed by atoms with van der Waals surface area (Å²) in [4.78, 5) is 26.2. The number of H-pyrrole nitrogens is 1. The summed E-state index contributed by atoms with van der Waals surface area (Å²) in [5.74, 6) is 1.78. The number of hydrogen-bond acceptors (Lipinski definition) is 5. The van der Waals surface area contributed by atoms with E-state index in [1.54, 1.807) is 11.2 Å². The van der Waals surface area contributed by atoms with Gasteiger partial charge < -0.3 is 14.8 Å². The Hall–Kier alpha value is -3.68. The normalized spacial score (nSPS) is 19.1. The topological polar surface area (TPSA) is 99.9 Å². The number of benzene rings is 2. The molecule has 6 rings (SSSR count). The predicted molar refractivity (Wildman–Crippen MR) is 106 cm³/mol. The van der Waals surface area contributed by atoms with Gasteiger partial charge >= 0.3 is 6.03 Å². The Morgan fingerprint density at radius 2 is 1.97 bits per heavy atom. The fourth-order valence-electron chi connectivity index (χ4n) is 3.84. The molecular weight excluding hydrogens is 368 g/mol. The molecule has 0 radical (unpaired) electrons. The minimum absolute atomic E-state index is 0.0933. The lowest BCUT2D eigenvalue weighted by molar-refractivity contribution is 0.251. The number of nitrogens with zero attached hydrogens (tertiary/aromatic N) is 4. The van der Waals surface area contributed by atoms with Gasteiger partial charge in [-0.05, 0) is 36.6 Å².